The molecule has 1 atom stereocenters. The maximum absolute atomic E-state index is 14.2. The van der Waals surface area contributed by atoms with Crippen molar-refractivity contribution < 1.29 is 18.3 Å². The molecule has 7 rings (SSSR count). The van der Waals surface area contributed by atoms with Gasteiger partial charge in [-0.15, -0.1) is 0 Å². The van der Waals surface area contributed by atoms with Gasteiger partial charge in [0.05, 0.1) is 44.9 Å². The number of rotatable bonds is 11. The predicted molar refractivity (Wildman–Crippen MR) is 196 cm³/mol. The number of nitrogens with zero attached hydrogens (tertiary/aromatic N) is 7. The molecular formula is C37H40FN9O3Si. The van der Waals surface area contributed by atoms with E-state index >= 15 is 0 Å². The summed E-state index contributed by atoms with van der Waals surface area (Å²) >= 11 is 0. The molecule has 0 aliphatic carbocycles. The van der Waals surface area contributed by atoms with E-state index < -0.39 is 20.0 Å². The number of hydrogen-bond donors (Lipinski definition) is 2. The molecule has 14 heteroatoms. The summed E-state index contributed by atoms with van der Waals surface area (Å²) in [4.78, 5) is 29.1. The Bertz CT molecular complexity index is 2100. The Labute approximate surface area is 296 Å². The largest absolute Gasteiger partial charge is 0.481 e. The number of halogens is 1. The Hall–Kier alpha value is -5.47. The van der Waals surface area contributed by atoms with Crippen molar-refractivity contribution in [3.8, 4) is 5.88 Å². The molecule has 51 heavy (non-hydrogen) atoms. The molecule has 1 saturated heterocycles. The van der Waals surface area contributed by atoms with Crippen LogP contribution < -0.4 is 25.3 Å². The number of carbonyl (C=O) groups is 1. The smallest absolute Gasteiger partial charge is 0.279 e. The Balaban J connectivity index is 1.11. The van der Waals surface area contributed by atoms with Gasteiger partial charge in [0.2, 0.25) is 11.8 Å². The summed E-state index contributed by atoms with van der Waals surface area (Å²) in [5.41, 5.74) is 1.62. The third-order valence-electron chi connectivity index (χ3n) is 9.41. The van der Waals surface area contributed by atoms with Gasteiger partial charge in [-0.3, -0.25) is 9.89 Å². The van der Waals surface area contributed by atoms with E-state index in [0.717, 1.165) is 19.0 Å². The van der Waals surface area contributed by atoms with Crippen LogP contribution in [-0.4, -0.2) is 69.4 Å². The highest BCUT2D eigenvalue weighted by Gasteiger charge is 2.50. The van der Waals surface area contributed by atoms with Gasteiger partial charge in [0, 0.05) is 18.2 Å². The minimum Gasteiger partial charge on any atom is -0.481 e. The van der Waals surface area contributed by atoms with E-state index in [1.807, 2.05) is 17.0 Å². The second kappa shape index (κ2) is 14.0. The summed E-state index contributed by atoms with van der Waals surface area (Å²) in [6.45, 7) is 8.15. The molecular weight excluding hydrogens is 666 g/mol. The van der Waals surface area contributed by atoms with Crippen LogP contribution in [0.4, 0.5) is 16.2 Å². The number of fused-ring (bicyclic) bond motifs is 1. The molecule has 0 saturated carbocycles. The normalized spacial score (nSPS) is 15.0. The average Bonchev–Trinajstić information content (AvgIpc) is 3.90. The first-order chi connectivity index (χ1) is 24.7. The highest BCUT2D eigenvalue weighted by molar-refractivity contribution is 6.99. The van der Waals surface area contributed by atoms with Gasteiger partial charge in [-0.2, -0.15) is 10.2 Å². The summed E-state index contributed by atoms with van der Waals surface area (Å²) in [5.74, 6) is 0.358. The van der Waals surface area contributed by atoms with Gasteiger partial charge in [-0.1, -0.05) is 81.4 Å². The van der Waals surface area contributed by atoms with Crippen LogP contribution in [-0.2, 0) is 11.0 Å². The fourth-order valence-electron chi connectivity index (χ4n) is 7.12. The van der Waals surface area contributed by atoms with Crippen molar-refractivity contribution in [1.82, 2.24) is 34.9 Å². The Morgan fingerprint density at radius 1 is 1.04 bits per heavy atom. The number of nitrogens with one attached hydrogen (secondary N) is 2. The van der Waals surface area contributed by atoms with Gasteiger partial charge >= 0.3 is 0 Å². The fourth-order valence-corrected chi connectivity index (χ4v) is 11.7. The molecule has 2 N–H and O–H groups in total. The van der Waals surface area contributed by atoms with Crippen LogP contribution in [0.2, 0.25) is 5.04 Å². The molecule has 2 aromatic carbocycles. The third kappa shape index (κ3) is 6.47. The van der Waals surface area contributed by atoms with Crippen molar-refractivity contribution in [3.63, 3.8) is 0 Å². The molecule has 1 aliphatic rings. The number of carbonyl (C=O) groups excluding carboxylic acids is 1. The van der Waals surface area contributed by atoms with Crippen LogP contribution in [0.5, 0.6) is 5.88 Å². The van der Waals surface area contributed by atoms with Crippen LogP contribution >= 0.6 is 0 Å². The molecule has 1 amide bonds. The van der Waals surface area contributed by atoms with E-state index in [1.165, 1.54) is 23.5 Å². The van der Waals surface area contributed by atoms with Gasteiger partial charge in [0.25, 0.3) is 14.2 Å². The minimum absolute atomic E-state index is 0.116. The average molecular weight is 706 g/mol. The van der Waals surface area contributed by atoms with Crippen LogP contribution in [0.25, 0.3) is 11.0 Å². The van der Waals surface area contributed by atoms with Crippen molar-refractivity contribution >= 4 is 47.4 Å². The first-order valence-electron chi connectivity index (χ1n) is 16.9. The summed E-state index contributed by atoms with van der Waals surface area (Å²) in [6.07, 6.45) is 5.96. The highest BCUT2D eigenvalue weighted by atomic mass is 28.4. The fraction of sp³-hybridized carbons (Fsp3) is 0.297. The quantitative estimate of drug-likeness (QED) is 0.173. The minimum atomic E-state index is -2.75. The number of pyridine rings is 1. The van der Waals surface area contributed by atoms with Crippen molar-refractivity contribution in [3.05, 3.63) is 108 Å². The Morgan fingerprint density at radius 3 is 2.45 bits per heavy atom. The lowest BCUT2D eigenvalue weighted by atomic mass is 10.1. The zero-order valence-electron chi connectivity index (χ0n) is 29.0. The summed E-state index contributed by atoms with van der Waals surface area (Å²) in [7, 11) is -1.24. The molecule has 0 radical (unpaired) electrons. The predicted octanol–water partition coefficient (Wildman–Crippen LogP) is 5.26. The number of H-pyrrole nitrogens is 1. The number of ether oxygens (including phenoxy) is 1. The first-order valence-corrected chi connectivity index (χ1v) is 18.9. The number of anilines is 2. The van der Waals surface area contributed by atoms with E-state index in [9.17, 15) is 9.18 Å². The van der Waals surface area contributed by atoms with Gasteiger partial charge < -0.3 is 19.4 Å². The Kier molecular flexibility index (Phi) is 9.36. The van der Waals surface area contributed by atoms with Crippen LogP contribution in [0, 0.1) is 5.82 Å². The number of benzene rings is 2. The summed E-state index contributed by atoms with van der Waals surface area (Å²) in [6, 6.07) is 23.9. The van der Waals surface area contributed by atoms with E-state index in [-0.39, 0.29) is 16.8 Å². The highest BCUT2D eigenvalue weighted by Crippen LogP contribution is 2.39. The molecule has 4 aromatic heterocycles. The molecule has 262 valence electrons. The number of hydrogen-bond acceptors (Lipinski definition) is 9. The van der Waals surface area contributed by atoms with E-state index in [1.54, 1.807) is 23.1 Å². The summed E-state index contributed by atoms with van der Waals surface area (Å²) in [5, 5.41) is 16.8. The van der Waals surface area contributed by atoms with Crippen molar-refractivity contribution in [1.29, 1.82) is 0 Å². The topological polar surface area (TPSA) is 136 Å². The maximum atomic E-state index is 14.2. The summed E-state index contributed by atoms with van der Waals surface area (Å²) < 4.78 is 28.4. The lowest BCUT2D eigenvalue weighted by Gasteiger charge is -2.43. The standard InChI is InChI=1S/C37H40FN9O3Si/c1-37(2,3)51(26-12-7-5-8-13-26,27-14-9-6-10-15-27)50-21-20-47-31(17-18-41-47)42-34(48)33-32-29(44-45-33)24-40-36(43-32)46-19-11-16-30(46)28-22-25(38)23-39-35(28)49-4/h5-10,12-15,17-18,22-24,30H,11,16,19-21H2,1-4H3,(H,42,48)(H,44,45)/t30-/m1/s1. The molecule has 1 fully saturated rings. The third-order valence-corrected chi connectivity index (χ3v) is 14.4. The van der Waals surface area contributed by atoms with Crippen LogP contribution in [0.15, 0.2) is 91.4 Å². The number of amides is 1. The van der Waals surface area contributed by atoms with Crippen molar-refractivity contribution in [2.45, 2.75) is 51.2 Å². The zero-order chi connectivity index (χ0) is 35.6. The molecule has 5 heterocycles. The van der Waals surface area contributed by atoms with E-state index in [2.05, 4.69) is 99.9 Å². The molecule has 12 nitrogen and oxygen atoms in total. The number of aromatic amines is 1. The van der Waals surface area contributed by atoms with Crippen molar-refractivity contribution in [2.24, 2.45) is 0 Å². The molecule has 0 unspecified atom stereocenters. The second-order valence-corrected chi connectivity index (χ2v) is 17.8. The Morgan fingerprint density at radius 2 is 1.76 bits per heavy atom. The van der Waals surface area contributed by atoms with E-state index in [0.29, 0.717) is 53.9 Å². The maximum Gasteiger partial charge on any atom is 0.279 e. The lowest BCUT2D eigenvalue weighted by Crippen LogP contribution is -2.66. The number of methoxy groups -OCH3 is 1. The van der Waals surface area contributed by atoms with Gasteiger partial charge in [0.1, 0.15) is 22.7 Å². The van der Waals surface area contributed by atoms with Gasteiger partial charge in [0.15, 0.2) is 5.69 Å². The molecule has 0 bridgehead atoms. The number of aromatic nitrogens is 7. The molecule has 0 spiro atoms. The molecule has 6 aromatic rings. The van der Waals surface area contributed by atoms with Gasteiger partial charge in [-0.05, 0) is 34.3 Å². The monoisotopic (exact) mass is 705 g/mol. The first kappa shape index (κ1) is 34.0. The van der Waals surface area contributed by atoms with Crippen molar-refractivity contribution in [2.75, 3.05) is 30.5 Å². The SMILES string of the molecule is COc1ncc(F)cc1[C@H]1CCCN1c1ncc2[nH]nc(C(=O)Nc3ccnn3CCO[Si](c3ccccc3)(c3ccccc3)C(C)(C)C)c2n1. The second-order valence-electron chi connectivity index (χ2n) is 13.5. The van der Waals surface area contributed by atoms with E-state index in [4.69, 9.17) is 14.1 Å². The van der Waals surface area contributed by atoms with Crippen LogP contribution in [0.3, 0.4) is 0 Å². The van der Waals surface area contributed by atoms with Crippen LogP contribution in [0.1, 0.15) is 55.7 Å². The molecule has 1 aliphatic heterocycles. The van der Waals surface area contributed by atoms with Gasteiger partial charge in [-0.25, -0.2) is 24.0 Å². The zero-order valence-corrected chi connectivity index (χ0v) is 30.0. The lowest BCUT2D eigenvalue weighted by molar-refractivity contribution is 0.102.